The van der Waals surface area contributed by atoms with Crippen molar-refractivity contribution in [3.8, 4) is 0 Å². The third kappa shape index (κ3) is 2.81. The Bertz CT molecular complexity index is 228. The van der Waals surface area contributed by atoms with Gasteiger partial charge in [-0.25, -0.2) is 0 Å². The van der Waals surface area contributed by atoms with Crippen molar-refractivity contribution in [1.82, 2.24) is 0 Å². The lowest BCUT2D eigenvalue weighted by atomic mass is 10.1. The average molecular weight is 166 g/mol. The van der Waals surface area contributed by atoms with E-state index in [1.807, 2.05) is 0 Å². The van der Waals surface area contributed by atoms with Gasteiger partial charge in [-0.05, 0) is 18.9 Å². The first-order valence-corrected chi connectivity index (χ1v) is 4.67. The molecule has 0 spiro atoms. The molecular formula is C9H11OP. The van der Waals surface area contributed by atoms with Crippen LogP contribution < -0.4 is 0 Å². The summed E-state index contributed by atoms with van der Waals surface area (Å²) >= 11 is 0. The number of benzene rings is 1. The van der Waals surface area contributed by atoms with Gasteiger partial charge in [0.1, 0.15) is 0 Å². The zero-order valence-electron chi connectivity index (χ0n) is 6.58. The van der Waals surface area contributed by atoms with E-state index in [9.17, 15) is 4.57 Å². The highest BCUT2D eigenvalue weighted by atomic mass is 31.1. The maximum atomic E-state index is 10.1. The lowest BCUT2D eigenvalue weighted by molar-refractivity contribution is 0.598. The molecule has 1 rings (SSSR count). The van der Waals surface area contributed by atoms with Gasteiger partial charge in [-0.15, -0.1) is 0 Å². The Hall–Kier alpha value is -0.680. The van der Waals surface area contributed by atoms with Crippen LogP contribution in [0.25, 0.3) is 0 Å². The van der Waals surface area contributed by atoms with E-state index in [0.717, 1.165) is 12.6 Å². The van der Waals surface area contributed by atoms with E-state index in [4.69, 9.17) is 0 Å². The summed E-state index contributed by atoms with van der Waals surface area (Å²) in [6.07, 6.45) is 1.63. The molecule has 0 aliphatic carbocycles. The van der Waals surface area contributed by atoms with Gasteiger partial charge < -0.3 is 0 Å². The minimum Gasteiger partial charge on any atom is -0.275 e. The van der Waals surface area contributed by atoms with Gasteiger partial charge in [0.05, 0.1) is 0 Å². The molecule has 11 heavy (non-hydrogen) atoms. The van der Waals surface area contributed by atoms with Gasteiger partial charge in [0, 0.05) is 6.16 Å². The molecule has 0 amide bonds. The molecule has 0 fully saturated rings. The Morgan fingerprint density at radius 3 is 2.45 bits per heavy atom. The zero-order valence-corrected chi connectivity index (χ0v) is 7.47. The van der Waals surface area contributed by atoms with Crippen LogP contribution in [-0.4, -0.2) is 6.16 Å². The first-order chi connectivity index (χ1) is 5.33. The fourth-order valence-corrected chi connectivity index (χ4v) is 1.28. The van der Waals surface area contributed by atoms with E-state index in [1.54, 1.807) is 0 Å². The van der Waals surface area contributed by atoms with E-state index in [-0.39, 0.29) is 8.46 Å². The fraction of sp³-hybridized carbons (Fsp3) is 0.333. The molecule has 0 unspecified atom stereocenters. The summed E-state index contributed by atoms with van der Waals surface area (Å²) in [5, 5.41) is 0. The quantitative estimate of drug-likeness (QED) is 0.631. The Labute approximate surface area is 68.6 Å². The van der Waals surface area contributed by atoms with Gasteiger partial charge >= 0.3 is 0 Å². The lowest BCUT2D eigenvalue weighted by Crippen LogP contribution is -1.84. The van der Waals surface area contributed by atoms with Gasteiger partial charge in [0.2, 0.25) is 0 Å². The molecular weight excluding hydrogens is 155 g/mol. The van der Waals surface area contributed by atoms with Crippen LogP contribution in [0.4, 0.5) is 0 Å². The summed E-state index contributed by atoms with van der Waals surface area (Å²) in [6, 6.07) is 8.33. The SMILES string of the molecule is Cc1ccc(CCP=O)cc1. The topological polar surface area (TPSA) is 17.1 Å². The number of hydrogen-bond donors (Lipinski definition) is 0. The summed E-state index contributed by atoms with van der Waals surface area (Å²) in [5.41, 5.74) is 2.53. The molecule has 0 radical (unpaired) electrons. The van der Waals surface area contributed by atoms with Crippen LogP contribution in [0, 0.1) is 6.92 Å². The second-order valence-corrected chi connectivity index (χ2v) is 3.29. The third-order valence-corrected chi connectivity index (χ3v) is 2.02. The largest absolute Gasteiger partial charge is 0.275 e. The van der Waals surface area contributed by atoms with Gasteiger partial charge in [0.15, 0.2) is 8.46 Å². The van der Waals surface area contributed by atoms with Crippen LogP contribution in [-0.2, 0) is 11.0 Å². The highest BCUT2D eigenvalue weighted by Crippen LogP contribution is 2.06. The molecule has 0 aromatic heterocycles. The summed E-state index contributed by atoms with van der Waals surface area (Å²) in [5.74, 6) is 0. The minimum atomic E-state index is 0.241. The number of aryl methyl sites for hydroxylation is 2. The summed E-state index contributed by atoms with van der Waals surface area (Å²) in [7, 11) is 0.241. The summed E-state index contributed by atoms with van der Waals surface area (Å²) in [6.45, 7) is 2.07. The summed E-state index contributed by atoms with van der Waals surface area (Å²) < 4.78 is 10.1. The Balaban J connectivity index is 2.58. The van der Waals surface area contributed by atoms with Crippen LogP contribution in [0.2, 0.25) is 0 Å². The van der Waals surface area contributed by atoms with E-state index >= 15 is 0 Å². The second kappa shape index (κ2) is 4.25. The molecule has 0 heterocycles. The second-order valence-electron chi connectivity index (χ2n) is 2.59. The number of hydrogen-bond acceptors (Lipinski definition) is 1. The van der Waals surface area contributed by atoms with Crippen molar-refractivity contribution in [2.45, 2.75) is 13.3 Å². The highest BCUT2D eigenvalue weighted by molar-refractivity contribution is 7.23. The molecule has 0 bridgehead atoms. The normalized spacial score (nSPS) is 10.3. The number of rotatable bonds is 3. The van der Waals surface area contributed by atoms with Crippen molar-refractivity contribution in [1.29, 1.82) is 0 Å². The van der Waals surface area contributed by atoms with Crippen molar-refractivity contribution >= 4 is 8.46 Å². The molecule has 0 saturated carbocycles. The first kappa shape index (κ1) is 8.42. The van der Waals surface area contributed by atoms with Crippen molar-refractivity contribution in [2.24, 2.45) is 0 Å². The molecule has 58 valence electrons. The monoisotopic (exact) mass is 166 g/mol. The molecule has 1 nitrogen and oxygen atoms in total. The average Bonchev–Trinajstić information content (AvgIpc) is 2.04. The molecule has 0 aliphatic rings. The highest BCUT2D eigenvalue weighted by Gasteiger charge is 1.90. The van der Waals surface area contributed by atoms with Crippen LogP contribution in [0.3, 0.4) is 0 Å². The Morgan fingerprint density at radius 2 is 1.91 bits per heavy atom. The smallest absolute Gasteiger partial charge is 0.155 e. The molecule has 0 saturated heterocycles. The van der Waals surface area contributed by atoms with Crippen LogP contribution in [0.1, 0.15) is 11.1 Å². The van der Waals surface area contributed by atoms with Gasteiger partial charge in [-0.3, -0.25) is 4.57 Å². The van der Waals surface area contributed by atoms with Crippen molar-refractivity contribution in [2.75, 3.05) is 6.16 Å². The van der Waals surface area contributed by atoms with Crippen LogP contribution in [0.15, 0.2) is 24.3 Å². The van der Waals surface area contributed by atoms with E-state index in [1.165, 1.54) is 11.1 Å². The molecule has 0 N–H and O–H groups in total. The first-order valence-electron chi connectivity index (χ1n) is 3.67. The van der Waals surface area contributed by atoms with Crippen molar-refractivity contribution in [3.63, 3.8) is 0 Å². The molecule has 1 aromatic carbocycles. The van der Waals surface area contributed by atoms with Gasteiger partial charge in [0.25, 0.3) is 0 Å². The minimum absolute atomic E-state index is 0.241. The summed E-state index contributed by atoms with van der Waals surface area (Å²) in [4.78, 5) is 0. The fourth-order valence-electron chi connectivity index (χ4n) is 0.929. The van der Waals surface area contributed by atoms with Gasteiger partial charge in [-0.2, -0.15) is 0 Å². The predicted molar refractivity (Wildman–Crippen MR) is 47.4 cm³/mol. The third-order valence-electron chi connectivity index (χ3n) is 1.61. The lowest BCUT2D eigenvalue weighted by Gasteiger charge is -1.96. The van der Waals surface area contributed by atoms with E-state index in [2.05, 4.69) is 31.2 Å². The maximum absolute atomic E-state index is 10.1. The molecule has 1 aromatic rings. The van der Waals surface area contributed by atoms with Crippen molar-refractivity contribution < 1.29 is 4.57 Å². The predicted octanol–water partition coefficient (Wildman–Crippen LogP) is 2.83. The molecule has 0 atom stereocenters. The Kier molecular flexibility index (Phi) is 3.25. The van der Waals surface area contributed by atoms with E-state index < -0.39 is 0 Å². The zero-order chi connectivity index (χ0) is 8.10. The van der Waals surface area contributed by atoms with E-state index in [0.29, 0.717) is 0 Å². The maximum Gasteiger partial charge on any atom is 0.155 e. The molecule has 0 aliphatic heterocycles. The van der Waals surface area contributed by atoms with Crippen LogP contribution in [0.5, 0.6) is 0 Å². The standard InChI is InChI=1S/C9H11OP/c1-8-2-4-9(5-3-8)6-7-11-10/h2-5H,6-7H2,1H3. The van der Waals surface area contributed by atoms with Crippen molar-refractivity contribution in [3.05, 3.63) is 35.4 Å². The molecule has 2 heteroatoms. The van der Waals surface area contributed by atoms with Crippen LogP contribution >= 0.6 is 8.46 Å². The van der Waals surface area contributed by atoms with Gasteiger partial charge in [-0.1, -0.05) is 29.8 Å². The Morgan fingerprint density at radius 1 is 1.27 bits per heavy atom.